The standard InChI is InChI=1S/C22H26N2O3S/c1-15-7-10-20(13-16(15)2)28(26,27)23-19-9-8-17-11-12-24(21(17)14-19)22(25)18-5-3-4-6-18/h7-10,13-14,18,23H,3-6,11-12H2,1-2H3. The van der Waals surface area contributed by atoms with E-state index >= 15 is 0 Å². The topological polar surface area (TPSA) is 66.5 Å². The van der Waals surface area contributed by atoms with Crippen LogP contribution < -0.4 is 9.62 Å². The molecule has 2 aliphatic rings. The molecule has 0 saturated heterocycles. The van der Waals surface area contributed by atoms with E-state index in [9.17, 15) is 13.2 Å². The molecule has 28 heavy (non-hydrogen) atoms. The summed E-state index contributed by atoms with van der Waals surface area (Å²) in [7, 11) is -3.68. The van der Waals surface area contributed by atoms with Gasteiger partial charge < -0.3 is 4.90 Å². The Balaban J connectivity index is 1.59. The first-order valence-corrected chi connectivity index (χ1v) is 11.4. The fourth-order valence-corrected chi connectivity index (χ4v) is 5.29. The van der Waals surface area contributed by atoms with E-state index < -0.39 is 10.0 Å². The summed E-state index contributed by atoms with van der Waals surface area (Å²) in [4.78, 5) is 15.0. The predicted octanol–water partition coefficient (Wildman–Crippen LogP) is 4.18. The zero-order valence-electron chi connectivity index (χ0n) is 16.4. The van der Waals surface area contributed by atoms with Crippen molar-refractivity contribution in [2.75, 3.05) is 16.2 Å². The smallest absolute Gasteiger partial charge is 0.261 e. The molecule has 148 valence electrons. The molecule has 0 atom stereocenters. The van der Waals surface area contributed by atoms with Crippen LogP contribution in [-0.2, 0) is 21.2 Å². The lowest BCUT2D eigenvalue weighted by molar-refractivity contribution is -0.122. The van der Waals surface area contributed by atoms with Gasteiger partial charge in [-0.25, -0.2) is 8.42 Å². The Bertz CT molecular complexity index is 1020. The van der Waals surface area contributed by atoms with Crippen LogP contribution in [0.1, 0.15) is 42.4 Å². The first-order chi connectivity index (χ1) is 13.3. The molecule has 0 unspecified atom stereocenters. The number of hydrogen-bond donors (Lipinski definition) is 1. The molecule has 0 spiro atoms. The largest absolute Gasteiger partial charge is 0.312 e. The molecule has 1 saturated carbocycles. The summed E-state index contributed by atoms with van der Waals surface area (Å²) in [5, 5.41) is 0. The molecule has 1 N–H and O–H groups in total. The molecule has 1 heterocycles. The van der Waals surface area contributed by atoms with E-state index in [2.05, 4.69) is 4.72 Å². The van der Waals surface area contributed by atoms with Crippen molar-refractivity contribution < 1.29 is 13.2 Å². The highest BCUT2D eigenvalue weighted by Crippen LogP contribution is 2.35. The number of benzene rings is 2. The third-order valence-corrected chi connectivity index (χ3v) is 7.37. The van der Waals surface area contributed by atoms with Gasteiger partial charge in [-0.15, -0.1) is 0 Å². The molecular formula is C22H26N2O3S. The number of rotatable bonds is 4. The fraction of sp³-hybridized carbons (Fsp3) is 0.409. The minimum atomic E-state index is -3.68. The molecule has 0 bridgehead atoms. The fourth-order valence-electron chi connectivity index (χ4n) is 4.16. The summed E-state index contributed by atoms with van der Waals surface area (Å²) < 4.78 is 28.3. The van der Waals surface area contributed by atoms with Gasteiger partial charge in [0.2, 0.25) is 5.91 Å². The van der Waals surface area contributed by atoms with Crippen molar-refractivity contribution >= 4 is 27.3 Å². The lowest BCUT2D eigenvalue weighted by atomic mass is 10.1. The summed E-state index contributed by atoms with van der Waals surface area (Å²) in [5.41, 5.74) is 4.42. The van der Waals surface area contributed by atoms with Gasteiger partial charge in [-0.3, -0.25) is 9.52 Å². The van der Waals surface area contributed by atoms with Crippen LogP contribution in [-0.4, -0.2) is 20.9 Å². The first-order valence-electron chi connectivity index (χ1n) is 9.89. The van der Waals surface area contributed by atoms with Crippen LogP contribution >= 0.6 is 0 Å². The minimum absolute atomic E-state index is 0.113. The van der Waals surface area contributed by atoms with Gasteiger partial charge in [0.1, 0.15) is 0 Å². The maximum atomic E-state index is 12.9. The molecular weight excluding hydrogens is 372 g/mol. The van der Waals surface area contributed by atoms with Crippen molar-refractivity contribution in [3.8, 4) is 0 Å². The van der Waals surface area contributed by atoms with Gasteiger partial charge in [0.05, 0.1) is 10.6 Å². The van der Waals surface area contributed by atoms with Crippen LogP contribution in [0.15, 0.2) is 41.3 Å². The third kappa shape index (κ3) is 3.53. The van der Waals surface area contributed by atoms with Crippen LogP contribution in [0.4, 0.5) is 11.4 Å². The van der Waals surface area contributed by atoms with E-state index in [1.54, 1.807) is 24.3 Å². The quantitative estimate of drug-likeness (QED) is 0.840. The highest BCUT2D eigenvalue weighted by atomic mass is 32.2. The van der Waals surface area contributed by atoms with Gasteiger partial charge in [-0.2, -0.15) is 0 Å². The molecule has 2 aromatic carbocycles. The van der Waals surface area contributed by atoms with Crippen LogP contribution in [0.5, 0.6) is 0 Å². The molecule has 1 aliphatic carbocycles. The molecule has 2 aromatic rings. The van der Waals surface area contributed by atoms with E-state index in [1.165, 1.54) is 0 Å². The molecule has 1 amide bonds. The number of amides is 1. The Morgan fingerprint density at radius 3 is 2.50 bits per heavy atom. The van der Waals surface area contributed by atoms with Crippen molar-refractivity contribution in [1.82, 2.24) is 0 Å². The Morgan fingerprint density at radius 2 is 1.79 bits per heavy atom. The number of nitrogens with zero attached hydrogens (tertiary/aromatic N) is 1. The second-order valence-electron chi connectivity index (χ2n) is 7.92. The minimum Gasteiger partial charge on any atom is -0.312 e. The van der Waals surface area contributed by atoms with E-state index in [0.29, 0.717) is 12.2 Å². The van der Waals surface area contributed by atoms with Gasteiger partial charge >= 0.3 is 0 Å². The third-order valence-electron chi connectivity index (χ3n) is 5.99. The number of carbonyl (C=O) groups is 1. The summed E-state index contributed by atoms with van der Waals surface area (Å²) in [6, 6.07) is 10.6. The maximum absolute atomic E-state index is 12.9. The number of carbonyl (C=O) groups excluding carboxylic acids is 1. The van der Waals surface area contributed by atoms with Crippen LogP contribution in [0, 0.1) is 19.8 Å². The van der Waals surface area contributed by atoms with E-state index in [4.69, 9.17) is 0 Å². The molecule has 6 heteroatoms. The molecule has 0 aromatic heterocycles. The number of sulfonamides is 1. The van der Waals surface area contributed by atoms with Crippen LogP contribution in [0.25, 0.3) is 0 Å². The van der Waals surface area contributed by atoms with Crippen molar-refractivity contribution in [1.29, 1.82) is 0 Å². The Hall–Kier alpha value is -2.34. The number of hydrogen-bond acceptors (Lipinski definition) is 3. The van der Waals surface area contributed by atoms with Gasteiger partial charge in [-0.05, 0) is 74.1 Å². The lowest BCUT2D eigenvalue weighted by Crippen LogP contribution is -2.33. The first kappa shape index (κ1) is 19.0. The number of aryl methyl sites for hydroxylation is 2. The van der Waals surface area contributed by atoms with Crippen molar-refractivity contribution in [2.45, 2.75) is 50.8 Å². The Kier molecular flexibility index (Phi) is 4.91. The van der Waals surface area contributed by atoms with E-state index in [0.717, 1.165) is 54.5 Å². The van der Waals surface area contributed by atoms with Gasteiger partial charge in [0, 0.05) is 18.2 Å². The second-order valence-corrected chi connectivity index (χ2v) is 9.60. The van der Waals surface area contributed by atoms with Crippen molar-refractivity contribution in [3.05, 3.63) is 53.1 Å². The molecule has 5 nitrogen and oxygen atoms in total. The van der Waals surface area contributed by atoms with Gasteiger partial charge in [0.25, 0.3) is 10.0 Å². The van der Waals surface area contributed by atoms with Crippen molar-refractivity contribution in [3.63, 3.8) is 0 Å². The SMILES string of the molecule is Cc1ccc(S(=O)(=O)Nc2ccc3c(c2)N(C(=O)C2CCCC2)CC3)cc1C. The zero-order chi connectivity index (χ0) is 19.9. The molecule has 0 radical (unpaired) electrons. The average Bonchev–Trinajstić information content (AvgIpc) is 3.32. The summed E-state index contributed by atoms with van der Waals surface area (Å²) in [6.07, 6.45) is 4.98. The summed E-state index contributed by atoms with van der Waals surface area (Å²) in [5.74, 6) is 0.298. The van der Waals surface area contributed by atoms with Gasteiger partial charge in [-0.1, -0.05) is 25.0 Å². The van der Waals surface area contributed by atoms with Gasteiger partial charge in [0.15, 0.2) is 0 Å². The molecule has 4 rings (SSSR count). The Labute approximate surface area is 166 Å². The van der Waals surface area contributed by atoms with Crippen molar-refractivity contribution in [2.24, 2.45) is 5.92 Å². The van der Waals surface area contributed by atoms with Crippen LogP contribution in [0.3, 0.4) is 0 Å². The highest BCUT2D eigenvalue weighted by molar-refractivity contribution is 7.92. The van der Waals surface area contributed by atoms with E-state index in [1.807, 2.05) is 30.9 Å². The maximum Gasteiger partial charge on any atom is 0.261 e. The second kappa shape index (κ2) is 7.24. The normalized spacial score (nSPS) is 17.0. The monoisotopic (exact) mass is 398 g/mol. The number of nitrogens with one attached hydrogen (secondary N) is 1. The van der Waals surface area contributed by atoms with Crippen LogP contribution in [0.2, 0.25) is 0 Å². The summed E-state index contributed by atoms with van der Waals surface area (Å²) in [6.45, 7) is 4.53. The summed E-state index contributed by atoms with van der Waals surface area (Å²) >= 11 is 0. The average molecular weight is 399 g/mol. The number of anilines is 2. The predicted molar refractivity (Wildman–Crippen MR) is 111 cm³/mol. The van der Waals surface area contributed by atoms with E-state index in [-0.39, 0.29) is 16.7 Å². The molecule has 1 aliphatic heterocycles. The number of fused-ring (bicyclic) bond motifs is 1. The zero-order valence-corrected chi connectivity index (χ0v) is 17.2. The Morgan fingerprint density at radius 1 is 1.04 bits per heavy atom. The highest BCUT2D eigenvalue weighted by Gasteiger charge is 2.32. The lowest BCUT2D eigenvalue weighted by Gasteiger charge is -2.22. The molecule has 1 fully saturated rings.